The largest absolute Gasteiger partial charge is 0.454 e. The maximum Gasteiger partial charge on any atom is 0.231 e. The number of sulfonamides is 1. The van der Waals surface area contributed by atoms with Gasteiger partial charge in [0.2, 0.25) is 16.8 Å². The lowest BCUT2D eigenvalue weighted by atomic mass is 10.2. The van der Waals surface area contributed by atoms with E-state index < -0.39 is 10.0 Å². The molecule has 0 spiro atoms. The molecule has 1 aliphatic rings. The smallest absolute Gasteiger partial charge is 0.231 e. The number of hydrogen-bond acceptors (Lipinski definition) is 5. The molecule has 0 aliphatic carbocycles. The molecule has 0 amide bonds. The molecule has 0 unspecified atom stereocenters. The summed E-state index contributed by atoms with van der Waals surface area (Å²) >= 11 is 0. The molecule has 0 radical (unpaired) electrons. The highest BCUT2D eigenvalue weighted by atomic mass is 32.2. The number of ether oxygens (including phenoxy) is 2. The Morgan fingerprint density at radius 2 is 2.00 bits per heavy atom. The Kier molecular flexibility index (Phi) is 5.22. The van der Waals surface area contributed by atoms with Crippen LogP contribution in [0.5, 0.6) is 11.5 Å². The third-order valence-electron chi connectivity index (χ3n) is 2.91. The van der Waals surface area contributed by atoms with Gasteiger partial charge in [-0.05, 0) is 30.7 Å². The number of rotatable bonds is 8. The van der Waals surface area contributed by atoms with Gasteiger partial charge >= 0.3 is 0 Å². The van der Waals surface area contributed by atoms with Crippen molar-refractivity contribution in [1.82, 2.24) is 10.0 Å². The Hall–Kier alpha value is -1.31. The number of nitrogens with one attached hydrogen (secondary N) is 2. The zero-order valence-corrected chi connectivity index (χ0v) is 12.3. The highest BCUT2D eigenvalue weighted by Gasteiger charge is 2.14. The Morgan fingerprint density at radius 3 is 2.80 bits per heavy atom. The standard InChI is InChI=1S/C13H20N2O4S/c1-2-5-14-6-7-20(16,17)15-9-11-3-4-12-13(8-11)19-10-18-12/h3-4,8,14-15H,2,5-7,9-10H2,1H3. The third-order valence-corrected chi connectivity index (χ3v) is 4.23. The highest BCUT2D eigenvalue weighted by molar-refractivity contribution is 7.89. The number of fused-ring (bicyclic) bond motifs is 1. The maximum atomic E-state index is 11.8. The first-order valence-electron chi connectivity index (χ1n) is 6.67. The number of hydrogen-bond donors (Lipinski definition) is 2. The summed E-state index contributed by atoms with van der Waals surface area (Å²) in [5.41, 5.74) is 0.847. The molecule has 112 valence electrons. The number of benzene rings is 1. The summed E-state index contributed by atoms with van der Waals surface area (Å²) in [5.74, 6) is 1.43. The van der Waals surface area contributed by atoms with Gasteiger partial charge in [0, 0.05) is 13.1 Å². The predicted octanol–water partition coefficient (Wildman–Crippen LogP) is 0.834. The summed E-state index contributed by atoms with van der Waals surface area (Å²) in [6, 6.07) is 5.40. The first-order valence-corrected chi connectivity index (χ1v) is 8.32. The van der Waals surface area contributed by atoms with Crippen LogP contribution in [-0.2, 0) is 16.6 Å². The van der Waals surface area contributed by atoms with Crippen LogP contribution in [0.4, 0.5) is 0 Å². The second-order valence-electron chi connectivity index (χ2n) is 4.58. The molecule has 0 bridgehead atoms. The average molecular weight is 300 g/mol. The molecule has 1 aliphatic heterocycles. The van der Waals surface area contributed by atoms with Gasteiger partial charge in [-0.3, -0.25) is 0 Å². The van der Waals surface area contributed by atoms with Crippen LogP contribution in [0.25, 0.3) is 0 Å². The minimum atomic E-state index is -3.26. The topological polar surface area (TPSA) is 76.7 Å². The van der Waals surface area contributed by atoms with Crippen LogP contribution >= 0.6 is 0 Å². The van der Waals surface area contributed by atoms with E-state index in [1.807, 2.05) is 13.0 Å². The van der Waals surface area contributed by atoms with E-state index in [0.29, 0.717) is 18.0 Å². The lowest BCUT2D eigenvalue weighted by molar-refractivity contribution is 0.174. The van der Waals surface area contributed by atoms with E-state index in [0.717, 1.165) is 18.5 Å². The van der Waals surface area contributed by atoms with Gasteiger partial charge in [0.25, 0.3) is 0 Å². The molecule has 7 heteroatoms. The van der Waals surface area contributed by atoms with Gasteiger partial charge in [-0.1, -0.05) is 13.0 Å². The third kappa shape index (κ3) is 4.36. The van der Waals surface area contributed by atoms with E-state index in [2.05, 4.69) is 10.0 Å². The molecule has 1 heterocycles. The molecule has 20 heavy (non-hydrogen) atoms. The molecular weight excluding hydrogens is 280 g/mol. The van der Waals surface area contributed by atoms with Crippen LogP contribution in [0.15, 0.2) is 18.2 Å². The van der Waals surface area contributed by atoms with Crippen molar-refractivity contribution in [2.45, 2.75) is 19.9 Å². The van der Waals surface area contributed by atoms with E-state index in [-0.39, 0.29) is 19.1 Å². The second-order valence-corrected chi connectivity index (χ2v) is 6.50. The van der Waals surface area contributed by atoms with E-state index in [9.17, 15) is 8.42 Å². The van der Waals surface area contributed by atoms with Crippen LogP contribution in [0.2, 0.25) is 0 Å². The molecule has 0 aromatic heterocycles. The van der Waals surface area contributed by atoms with Crippen molar-refractivity contribution in [3.63, 3.8) is 0 Å². The molecule has 6 nitrogen and oxygen atoms in total. The van der Waals surface area contributed by atoms with E-state index >= 15 is 0 Å². The summed E-state index contributed by atoms with van der Waals surface area (Å²) in [7, 11) is -3.26. The van der Waals surface area contributed by atoms with E-state index in [1.165, 1.54) is 0 Å². The molecule has 0 saturated heterocycles. The molecule has 2 N–H and O–H groups in total. The lowest BCUT2D eigenvalue weighted by Gasteiger charge is -2.08. The van der Waals surface area contributed by atoms with Crippen LogP contribution in [0, 0.1) is 0 Å². The summed E-state index contributed by atoms with van der Waals surface area (Å²) in [5, 5.41) is 3.07. The summed E-state index contributed by atoms with van der Waals surface area (Å²) in [6.07, 6.45) is 0.991. The first-order chi connectivity index (χ1) is 9.61. The molecule has 2 rings (SSSR count). The monoisotopic (exact) mass is 300 g/mol. The van der Waals surface area contributed by atoms with Gasteiger partial charge < -0.3 is 14.8 Å². The van der Waals surface area contributed by atoms with Crippen LogP contribution in [0.3, 0.4) is 0 Å². The molecule has 0 fully saturated rings. The lowest BCUT2D eigenvalue weighted by Crippen LogP contribution is -2.31. The highest BCUT2D eigenvalue weighted by Crippen LogP contribution is 2.32. The van der Waals surface area contributed by atoms with Crippen molar-refractivity contribution in [3.05, 3.63) is 23.8 Å². The van der Waals surface area contributed by atoms with Gasteiger partial charge in [-0.15, -0.1) is 0 Å². The van der Waals surface area contributed by atoms with Gasteiger partial charge in [0.05, 0.1) is 5.75 Å². The minimum absolute atomic E-state index is 0.0809. The van der Waals surface area contributed by atoms with Crippen LogP contribution < -0.4 is 19.5 Å². The Bertz CT molecular complexity index is 545. The van der Waals surface area contributed by atoms with Crippen molar-refractivity contribution in [3.8, 4) is 11.5 Å². The van der Waals surface area contributed by atoms with Crippen molar-refractivity contribution < 1.29 is 17.9 Å². The SMILES string of the molecule is CCCNCCS(=O)(=O)NCc1ccc2c(c1)OCO2. The van der Waals surface area contributed by atoms with Gasteiger partial charge in [-0.2, -0.15) is 0 Å². The summed E-state index contributed by atoms with van der Waals surface area (Å²) in [6.45, 7) is 3.81. The Balaban J connectivity index is 1.82. The summed E-state index contributed by atoms with van der Waals surface area (Å²) < 4.78 is 36.6. The normalized spacial score (nSPS) is 13.7. The van der Waals surface area contributed by atoms with E-state index in [1.54, 1.807) is 12.1 Å². The van der Waals surface area contributed by atoms with Crippen molar-refractivity contribution in [2.75, 3.05) is 25.6 Å². The second kappa shape index (κ2) is 6.92. The van der Waals surface area contributed by atoms with Crippen molar-refractivity contribution in [2.24, 2.45) is 0 Å². The van der Waals surface area contributed by atoms with Crippen LogP contribution in [0.1, 0.15) is 18.9 Å². The van der Waals surface area contributed by atoms with Crippen molar-refractivity contribution >= 4 is 10.0 Å². The first kappa shape index (κ1) is 15.1. The Morgan fingerprint density at radius 1 is 1.20 bits per heavy atom. The molecular formula is C13H20N2O4S. The fraction of sp³-hybridized carbons (Fsp3) is 0.538. The zero-order valence-electron chi connectivity index (χ0n) is 11.5. The van der Waals surface area contributed by atoms with Gasteiger partial charge in [0.15, 0.2) is 11.5 Å². The molecule has 0 atom stereocenters. The van der Waals surface area contributed by atoms with Crippen molar-refractivity contribution in [1.29, 1.82) is 0 Å². The summed E-state index contributed by atoms with van der Waals surface area (Å²) in [4.78, 5) is 0. The Labute approximate surface area is 119 Å². The molecule has 1 aromatic rings. The van der Waals surface area contributed by atoms with E-state index in [4.69, 9.17) is 9.47 Å². The quantitative estimate of drug-likeness (QED) is 0.696. The molecule has 0 saturated carbocycles. The predicted molar refractivity (Wildman–Crippen MR) is 76.4 cm³/mol. The van der Waals surface area contributed by atoms with Gasteiger partial charge in [0.1, 0.15) is 0 Å². The fourth-order valence-electron chi connectivity index (χ4n) is 1.82. The zero-order chi connectivity index (χ0) is 14.4. The van der Waals surface area contributed by atoms with Gasteiger partial charge in [-0.25, -0.2) is 13.1 Å². The minimum Gasteiger partial charge on any atom is -0.454 e. The molecule has 1 aromatic carbocycles. The van der Waals surface area contributed by atoms with Crippen LogP contribution in [-0.4, -0.2) is 34.1 Å². The maximum absolute atomic E-state index is 11.8. The fourth-order valence-corrected chi connectivity index (χ4v) is 2.77. The average Bonchev–Trinajstić information content (AvgIpc) is 2.89.